The van der Waals surface area contributed by atoms with Gasteiger partial charge in [-0.3, -0.25) is 0 Å². The van der Waals surface area contributed by atoms with Crippen LogP contribution in [0.4, 0.5) is 4.39 Å². The first-order valence-corrected chi connectivity index (χ1v) is 6.70. The molecule has 0 aliphatic heterocycles. The van der Waals surface area contributed by atoms with E-state index in [2.05, 4.69) is 26.1 Å². The predicted octanol–water partition coefficient (Wildman–Crippen LogP) is 4.57. The van der Waals surface area contributed by atoms with Crippen LogP contribution in [0.2, 0.25) is 5.02 Å². The van der Waals surface area contributed by atoms with Crippen LogP contribution in [0.1, 0.15) is 45.2 Å². The second-order valence-electron chi connectivity index (χ2n) is 4.28. The van der Waals surface area contributed by atoms with Crippen molar-refractivity contribution >= 4 is 11.6 Å². The van der Waals surface area contributed by atoms with Gasteiger partial charge in [0.15, 0.2) is 0 Å². The first-order valence-electron chi connectivity index (χ1n) is 6.32. The second-order valence-corrected chi connectivity index (χ2v) is 4.68. The van der Waals surface area contributed by atoms with E-state index in [-0.39, 0.29) is 11.9 Å². The fourth-order valence-electron chi connectivity index (χ4n) is 2.26. The minimum absolute atomic E-state index is 0.211. The minimum Gasteiger partial charge on any atom is -0.310 e. The maximum absolute atomic E-state index is 13.1. The average molecular weight is 258 g/mol. The Labute approximate surface area is 108 Å². The molecular formula is C14H21ClFN. The number of hydrogen-bond acceptors (Lipinski definition) is 1. The van der Waals surface area contributed by atoms with Gasteiger partial charge in [-0.05, 0) is 30.2 Å². The average Bonchev–Trinajstić information content (AvgIpc) is 2.30. The summed E-state index contributed by atoms with van der Waals surface area (Å²) in [7, 11) is 0. The molecule has 0 heterocycles. The monoisotopic (exact) mass is 257 g/mol. The van der Waals surface area contributed by atoms with Gasteiger partial charge in [0, 0.05) is 11.1 Å². The highest BCUT2D eigenvalue weighted by molar-refractivity contribution is 6.31. The van der Waals surface area contributed by atoms with Crippen LogP contribution in [0, 0.1) is 11.7 Å². The van der Waals surface area contributed by atoms with E-state index in [1.54, 1.807) is 6.07 Å². The van der Waals surface area contributed by atoms with E-state index >= 15 is 0 Å². The molecule has 1 nitrogen and oxygen atoms in total. The Morgan fingerprint density at radius 3 is 2.35 bits per heavy atom. The van der Waals surface area contributed by atoms with E-state index in [9.17, 15) is 4.39 Å². The molecule has 1 unspecified atom stereocenters. The Hall–Kier alpha value is -0.600. The summed E-state index contributed by atoms with van der Waals surface area (Å²) in [6, 6.07) is 4.88. The molecule has 1 aromatic carbocycles. The molecule has 1 N–H and O–H groups in total. The Morgan fingerprint density at radius 2 is 1.88 bits per heavy atom. The third-order valence-electron chi connectivity index (χ3n) is 3.24. The van der Waals surface area contributed by atoms with E-state index in [1.807, 2.05) is 0 Å². The lowest BCUT2D eigenvalue weighted by molar-refractivity contribution is 0.346. The van der Waals surface area contributed by atoms with E-state index < -0.39 is 0 Å². The molecule has 1 rings (SSSR count). The number of benzene rings is 1. The minimum atomic E-state index is -0.279. The van der Waals surface area contributed by atoms with Crippen molar-refractivity contribution in [2.24, 2.45) is 5.92 Å². The van der Waals surface area contributed by atoms with Gasteiger partial charge >= 0.3 is 0 Å². The summed E-state index contributed by atoms with van der Waals surface area (Å²) in [5.74, 6) is 0.247. The number of hydrogen-bond donors (Lipinski definition) is 1. The molecule has 0 bridgehead atoms. The van der Waals surface area contributed by atoms with Gasteiger partial charge in [0.25, 0.3) is 0 Å². The lowest BCUT2D eigenvalue weighted by atomic mass is 9.88. The van der Waals surface area contributed by atoms with Crippen molar-refractivity contribution in [3.8, 4) is 0 Å². The van der Waals surface area contributed by atoms with E-state index in [4.69, 9.17) is 11.6 Å². The van der Waals surface area contributed by atoms with Crippen LogP contribution in [0.3, 0.4) is 0 Å². The third-order valence-corrected chi connectivity index (χ3v) is 3.57. The van der Waals surface area contributed by atoms with Crippen molar-refractivity contribution in [3.05, 3.63) is 34.6 Å². The van der Waals surface area contributed by atoms with Gasteiger partial charge in [-0.2, -0.15) is 0 Å². The van der Waals surface area contributed by atoms with Gasteiger partial charge in [0.05, 0.1) is 0 Å². The third kappa shape index (κ3) is 3.68. The molecule has 1 aromatic rings. The first kappa shape index (κ1) is 14.5. The molecule has 17 heavy (non-hydrogen) atoms. The molecule has 0 saturated carbocycles. The highest BCUT2D eigenvalue weighted by atomic mass is 35.5. The highest BCUT2D eigenvalue weighted by Gasteiger charge is 2.21. The molecule has 0 saturated heterocycles. The van der Waals surface area contributed by atoms with Gasteiger partial charge in [0.1, 0.15) is 5.82 Å². The van der Waals surface area contributed by atoms with Crippen molar-refractivity contribution in [1.82, 2.24) is 5.32 Å². The molecular weight excluding hydrogens is 237 g/mol. The largest absolute Gasteiger partial charge is 0.310 e. The van der Waals surface area contributed by atoms with Gasteiger partial charge in [-0.1, -0.05) is 51.3 Å². The molecule has 96 valence electrons. The van der Waals surface area contributed by atoms with Gasteiger partial charge in [-0.15, -0.1) is 0 Å². The Balaban J connectivity index is 3.03. The zero-order valence-electron chi connectivity index (χ0n) is 10.8. The maximum atomic E-state index is 13.1. The summed E-state index contributed by atoms with van der Waals surface area (Å²) in [4.78, 5) is 0. The summed E-state index contributed by atoms with van der Waals surface area (Å²) in [5.41, 5.74) is 1.00. The normalized spacial score (nSPS) is 13.1. The quantitative estimate of drug-likeness (QED) is 0.787. The van der Waals surface area contributed by atoms with Crippen LogP contribution in [0.25, 0.3) is 0 Å². The highest BCUT2D eigenvalue weighted by Crippen LogP contribution is 2.32. The SMILES string of the molecule is CCNC(c1ccc(F)cc1Cl)C(CC)CC. The summed E-state index contributed by atoms with van der Waals surface area (Å²) < 4.78 is 13.1. The fourth-order valence-corrected chi connectivity index (χ4v) is 2.55. The lowest BCUT2D eigenvalue weighted by Gasteiger charge is -2.27. The molecule has 0 amide bonds. The molecule has 0 spiro atoms. The number of nitrogens with one attached hydrogen (secondary N) is 1. The van der Waals surface area contributed by atoms with Crippen LogP contribution in [0.5, 0.6) is 0 Å². The summed E-state index contributed by atoms with van der Waals surface area (Å²) in [6.07, 6.45) is 2.17. The van der Waals surface area contributed by atoms with Crippen molar-refractivity contribution in [2.75, 3.05) is 6.54 Å². The Bertz CT molecular complexity index is 350. The van der Waals surface area contributed by atoms with Crippen LogP contribution in [0.15, 0.2) is 18.2 Å². The molecule has 0 fully saturated rings. The molecule has 0 aliphatic rings. The first-order chi connectivity index (χ1) is 8.13. The number of halogens is 2. The van der Waals surface area contributed by atoms with Crippen LogP contribution in [-0.4, -0.2) is 6.54 Å². The topological polar surface area (TPSA) is 12.0 Å². The Morgan fingerprint density at radius 1 is 1.24 bits per heavy atom. The van der Waals surface area contributed by atoms with Crippen LogP contribution in [-0.2, 0) is 0 Å². The predicted molar refractivity (Wildman–Crippen MR) is 71.9 cm³/mol. The zero-order chi connectivity index (χ0) is 12.8. The van der Waals surface area contributed by atoms with Crippen molar-refractivity contribution in [3.63, 3.8) is 0 Å². The van der Waals surface area contributed by atoms with Crippen molar-refractivity contribution in [1.29, 1.82) is 0 Å². The molecule has 1 atom stereocenters. The standard InChI is InChI=1S/C14H21ClFN/c1-4-10(5-2)14(17-6-3)12-8-7-11(16)9-13(12)15/h7-10,14,17H,4-6H2,1-3H3. The smallest absolute Gasteiger partial charge is 0.124 e. The summed E-state index contributed by atoms with van der Waals surface area (Å²) >= 11 is 6.14. The fraction of sp³-hybridized carbons (Fsp3) is 0.571. The lowest BCUT2D eigenvalue weighted by Crippen LogP contribution is -2.28. The Kier molecular flexibility index (Phi) is 5.93. The van der Waals surface area contributed by atoms with E-state index in [0.717, 1.165) is 24.9 Å². The van der Waals surface area contributed by atoms with Crippen molar-refractivity contribution in [2.45, 2.75) is 39.7 Å². The van der Waals surface area contributed by atoms with E-state index in [0.29, 0.717) is 10.9 Å². The van der Waals surface area contributed by atoms with E-state index in [1.165, 1.54) is 12.1 Å². The second kappa shape index (κ2) is 6.97. The molecule has 0 radical (unpaired) electrons. The maximum Gasteiger partial charge on any atom is 0.124 e. The number of rotatable bonds is 6. The summed E-state index contributed by atoms with van der Waals surface area (Å²) in [5, 5.41) is 3.97. The van der Waals surface area contributed by atoms with Gasteiger partial charge in [0.2, 0.25) is 0 Å². The summed E-state index contributed by atoms with van der Waals surface area (Å²) in [6.45, 7) is 7.31. The van der Waals surface area contributed by atoms with Gasteiger partial charge in [-0.25, -0.2) is 4.39 Å². The molecule has 0 aliphatic carbocycles. The molecule has 3 heteroatoms. The molecule has 0 aromatic heterocycles. The zero-order valence-corrected chi connectivity index (χ0v) is 11.5. The van der Waals surface area contributed by atoms with Gasteiger partial charge < -0.3 is 5.32 Å². The van der Waals surface area contributed by atoms with Crippen molar-refractivity contribution < 1.29 is 4.39 Å². The van der Waals surface area contributed by atoms with Crippen LogP contribution >= 0.6 is 11.6 Å². The van der Waals surface area contributed by atoms with Crippen LogP contribution < -0.4 is 5.32 Å².